The summed E-state index contributed by atoms with van der Waals surface area (Å²) < 4.78 is 5.48. The second-order valence-corrected chi connectivity index (χ2v) is 9.33. The summed E-state index contributed by atoms with van der Waals surface area (Å²) in [4.78, 5) is 0.583. The van der Waals surface area contributed by atoms with Gasteiger partial charge in [-0.15, -0.1) is 11.8 Å². The molecule has 1 aliphatic carbocycles. The van der Waals surface area contributed by atoms with Crippen molar-refractivity contribution in [1.29, 1.82) is 5.26 Å². The maximum absolute atomic E-state index is 11.2. The topological polar surface area (TPSA) is 134 Å². The van der Waals surface area contributed by atoms with E-state index in [1.54, 1.807) is 12.3 Å². The molecule has 1 aliphatic heterocycles. The summed E-state index contributed by atoms with van der Waals surface area (Å²) >= 11 is 1.31. The highest BCUT2D eigenvalue weighted by molar-refractivity contribution is 7.98. The number of hydrogen-bond donors (Lipinski definition) is 5. The van der Waals surface area contributed by atoms with E-state index in [-0.39, 0.29) is 5.56 Å². The van der Waals surface area contributed by atoms with Crippen LogP contribution in [0.1, 0.15) is 46.6 Å². The highest BCUT2D eigenvalue weighted by Gasteiger charge is 2.53. The Morgan fingerprint density at radius 1 is 1.12 bits per heavy atom. The van der Waals surface area contributed by atoms with E-state index in [1.165, 1.54) is 36.2 Å². The molecule has 5 atom stereocenters. The van der Waals surface area contributed by atoms with E-state index in [9.17, 15) is 30.8 Å². The molecule has 5 N–H and O–H groups in total. The number of ether oxygens (including phenoxy) is 1. The first-order chi connectivity index (χ1) is 15.3. The molecule has 0 radical (unpaired) electrons. The third-order valence-corrected chi connectivity index (χ3v) is 7.08. The Morgan fingerprint density at radius 2 is 1.81 bits per heavy atom. The van der Waals surface area contributed by atoms with Crippen LogP contribution in [-0.4, -0.2) is 62.8 Å². The Kier molecular flexibility index (Phi) is 6.61. The van der Waals surface area contributed by atoms with E-state index in [4.69, 9.17) is 4.74 Å². The summed E-state index contributed by atoms with van der Waals surface area (Å²) in [6, 6.07) is 13.6. The summed E-state index contributed by atoms with van der Waals surface area (Å²) in [5.74, 6) is -1.72. The molecule has 2 aliphatic rings. The van der Waals surface area contributed by atoms with Crippen molar-refractivity contribution in [2.24, 2.45) is 0 Å². The Balaban J connectivity index is 1.73. The lowest BCUT2D eigenvalue weighted by atomic mass is 9.86. The van der Waals surface area contributed by atoms with Crippen molar-refractivity contribution in [2.45, 2.75) is 60.3 Å². The van der Waals surface area contributed by atoms with Crippen LogP contribution in [0.4, 0.5) is 0 Å². The molecule has 2 aromatic carbocycles. The standard InChI is InChI=1S/C24H27NO6S/c1-32-20-10-17(24(30)23(29)22(28)21(27)19(12-26)31-24)9-16(18(20)11-25)8-13-2-4-14(5-3-13)15-6-7-15/h2-5,9-10,15,19,21-23,26-30H,6-8,12H2,1H3/t19-,21-,22+,23-,24+/m1/s1. The van der Waals surface area contributed by atoms with Gasteiger partial charge in [-0.1, -0.05) is 24.3 Å². The van der Waals surface area contributed by atoms with Gasteiger partial charge in [0.1, 0.15) is 30.5 Å². The molecule has 2 aromatic rings. The summed E-state index contributed by atoms with van der Waals surface area (Å²) in [5.41, 5.74) is 3.54. The fourth-order valence-electron chi connectivity index (χ4n) is 4.24. The monoisotopic (exact) mass is 457 g/mol. The van der Waals surface area contributed by atoms with Crippen LogP contribution in [-0.2, 0) is 16.9 Å². The van der Waals surface area contributed by atoms with E-state index in [0.717, 1.165) is 5.56 Å². The quantitative estimate of drug-likeness (QED) is 0.411. The largest absolute Gasteiger partial charge is 0.394 e. The second-order valence-electron chi connectivity index (χ2n) is 8.48. The Hall–Kier alpha value is -1.96. The maximum Gasteiger partial charge on any atom is 0.222 e. The van der Waals surface area contributed by atoms with Gasteiger partial charge in [0.25, 0.3) is 0 Å². The number of rotatable bonds is 6. The third kappa shape index (κ3) is 4.18. The van der Waals surface area contributed by atoms with Crippen molar-refractivity contribution in [1.82, 2.24) is 0 Å². The van der Waals surface area contributed by atoms with Crippen LogP contribution in [0.2, 0.25) is 0 Å². The molecule has 1 heterocycles. The van der Waals surface area contributed by atoms with E-state index in [1.807, 2.05) is 12.1 Å². The van der Waals surface area contributed by atoms with Crippen LogP contribution >= 0.6 is 11.8 Å². The lowest BCUT2D eigenvalue weighted by molar-refractivity contribution is -0.357. The van der Waals surface area contributed by atoms with Gasteiger partial charge in [0.05, 0.1) is 12.2 Å². The molecule has 2 fully saturated rings. The normalized spacial score (nSPS) is 30.2. The van der Waals surface area contributed by atoms with Crippen molar-refractivity contribution in [3.05, 3.63) is 64.2 Å². The first-order valence-electron chi connectivity index (χ1n) is 10.6. The molecule has 1 saturated carbocycles. The Labute approximate surface area is 190 Å². The van der Waals surface area contributed by atoms with Crippen molar-refractivity contribution in [3.8, 4) is 6.07 Å². The second kappa shape index (κ2) is 9.12. The minimum absolute atomic E-state index is 0.141. The number of aliphatic hydroxyl groups excluding tert-OH is 4. The van der Waals surface area contributed by atoms with Crippen LogP contribution in [0.5, 0.6) is 0 Å². The van der Waals surface area contributed by atoms with Crippen LogP contribution in [0.15, 0.2) is 41.3 Å². The maximum atomic E-state index is 11.2. The molecule has 7 nitrogen and oxygen atoms in total. The fourth-order valence-corrected chi connectivity index (χ4v) is 4.87. The average Bonchev–Trinajstić information content (AvgIpc) is 3.65. The van der Waals surface area contributed by atoms with E-state index in [2.05, 4.69) is 18.2 Å². The van der Waals surface area contributed by atoms with Crippen molar-refractivity contribution in [2.75, 3.05) is 12.9 Å². The highest BCUT2D eigenvalue weighted by Crippen LogP contribution is 2.41. The van der Waals surface area contributed by atoms with Gasteiger partial charge in [0, 0.05) is 10.5 Å². The number of thioether (sulfide) groups is 1. The number of aliphatic hydroxyl groups is 5. The molecule has 8 heteroatoms. The molecule has 4 rings (SSSR count). The molecule has 0 bridgehead atoms. The number of benzene rings is 2. The van der Waals surface area contributed by atoms with Crippen molar-refractivity contribution in [3.63, 3.8) is 0 Å². The van der Waals surface area contributed by atoms with Crippen LogP contribution in [0, 0.1) is 11.3 Å². The zero-order chi connectivity index (χ0) is 23.0. The average molecular weight is 458 g/mol. The molecule has 1 saturated heterocycles. The number of hydrogen-bond acceptors (Lipinski definition) is 8. The first-order valence-corrected chi connectivity index (χ1v) is 11.8. The zero-order valence-corrected chi connectivity index (χ0v) is 18.5. The highest BCUT2D eigenvalue weighted by atomic mass is 32.2. The summed E-state index contributed by atoms with van der Waals surface area (Å²) in [7, 11) is 0. The Morgan fingerprint density at radius 3 is 2.38 bits per heavy atom. The minimum atomic E-state index is -2.37. The van der Waals surface area contributed by atoms with Crippen LogP contribution < -0.4 is 0 Å². The molecule has 32 heavy (non-hydrogen) atoms. The molecular formula is C24H27NO6S. The van der Waals surface area contributed by atoms with Gasteiger partial charge in [0.15, 0.2) is 0 Å². The van der Waals surface area contributed by atoms with Crippen LogP contribution in [0.25, 0.3) is 0 Å². The molecule has 0 aromatic heterocycles. The van der Waals surface area contributed by atoms with Gasteiger partial charge in [-0.3, -0.25) is 0 Å². The number of nitriles is 1. The summed E-state index contributed by atoms with van der Waals surface area (Å²) in [5, 5.41) is 61.4. The Bertz CT molecular complexity index is 1020. The third-order valence-electron chi connectivity index (χ3n) is 6.32. The SMILES string of the molecule is CSc1cc([C@]2(O)O[C@H](CO)[C@@H](O)[C@H](O)[C@H]2O)cc(Cc2ccc(C3CC3)cc2)c1C#N. The summed E-state index contributed by atoms with van der Waals surface area (Å²) in [6.07, 6.45) is -1.77. The van der Waals surface area contributed by atoms with E-state index >= 15 is 0 Å². The van der Waals surface area contributed by atoms with Crippen molar-refractivity contribution >= 4 is 11.8 Å². The van der Waals surface area contributed by atoms with Gasteiger partial charge < -0.3 is 30.3 Å². The molecule has 0 amide bonds. The predicted octanol–water partition coefficient (Wildman–Crippen LogP) is 1.37. The van der Waals surface area contributed by atoms with Gasteiger partial charge in [0.2, 0.25) is 5.79 Å². The lowest BCUT2D eigenvalue weighted by Crippen LogP contribution is -2.63. The van der Waals surface area contributed by atoms with E-state index in [0.29, 0.717) is 28.4 Å². The van der Waals surface area contributed by atoms with Crippen molar-refractivity contribution < 1.29 is 30.3 Å². The minimum Gasteiger partial charge on any atom is -0.394 e. The van der Waals surface area contributed by atoms with E-state index < -0.39 is 36.8 Å². The summed E-state index contributed by atoms with van der Waals surface area (Å²) in [6.45, 7) is -0.654. The van der Waals surface area contributed by atoms with Gasteiger partial charge in [-0.05, 0) is 60.3 Å². The van der Waals surface area contributed by atoms with Crippen LogP contribution in [0.3, 0.4) is 0 Å². The smallest absolute Gasteiger partial charge is 0.222 e. The lowest BCUT2D eigenvalue weighted by Gasteiger charge is -2.45. The predicted molar refractivity (Wildman–Crippen MR) is 118 cm³/mol. The number of nitrogens with zero attached hydrogens (tertiary/aromatic N) is 1. The van der Waals surface area contributed by atoms with Gasteiger partial charge in [-0.2, -0.15) is 5.26 Å². The van der Waals surface area contributed by atoms with Gasteiger partial charge >= 0.3 is 0 Å². The molecule has 0 unspecified atom stereocenters. The zero-order valence-electron chi connectivity index (χ0n) is 17.7. The molecule has 0 spiro atoms. The first kappa shape index (κ1) is 23.2. The molecular weight excluding hydrogens is 430 g/mol. The van der Waals surface area contributed by atoms with Gasteiger partial charge in [-0.25, -0.2) is 0 Å². The molecule has 170 valence electrons. The fraction of sp³-hybridized carbons (Fsp3) is 0.458.